The maximum atomic E-state index is 4.22. The van der Waals surface area contributed by atoms with Crippen molar-refractivity contribution in [2.24, 2.45) is 0 Å². The van der Waals surface area contributed by atoms with Gasteiger partial charge in [-0.3, -0.25) is 0 Å². The van der Waals surface area contributed by atoms with Crippen molar-refractivity contribution in [3.8, 4) is 0 Å². The Labute approximate surface area is 88.8 Å². The summed E-state index contributed by atoms with van der Waals surface area (Å²) < 4.78 is 0. The molecule has 0 bridgehead atoms. The highest BCUT2D eigenvalue weighted by Crippen LogP contribution is 2.23. The summed E-state index contributed by atoms with van der Waals surface area (Å²) in [6, 6.07) is 6.41. The number of nitrogens with zero attached hydrogens (tertiary/aromatic N) is 3. The number of anilines is 1. The van der Waals surface area contributed by atoms with Crippen molar-refractivity contribution in [1.29, 1.82) is 0 Å². The lowest BCUT2D eigenvalue weighted by Gasteiger charge is -2.17. The van der Waals surface area contributed by atoms with Crippen LogP contribution in [-0.4, -0.2) is 23.1 Å². The van der Waals surface area contributed by atoms with Crippen molar-refractivity contribution >= 4 is 16.6 Å². The summed E-state index contributed by atoms with van der Waals surface area (Å²) in [5.74, 6) is 0. The fourth-order valence-electron chi connectivity index (χ4n) is 2.14. The van der Waals surface area contributed by atoms with Crippen LogP contribution in [0.2, 0.25) is 0 Å². The van der Waals surface area contributed by atoms with Gasteiger partial charge in [-0.1, -0.05) is 0 Å². The van der Waals surface area contributed by atoms with E-state index in [1.54, 1.807) is 6.33 Å². The van der Waals surface area contributed by atoms with Crippen LogP contribution in [0.1, 0.15) is 12.8 Å². The van der Waals surface area contributed by atoms with Crippen LogP contribution in [0, 0.1) is 0 Å². The second-order valence-electron chi connectivity index (χ2n) is 3.96. The molecule has 0 N–H and O–H groups in total. The quantitative estimate of drug-likeness (QED) is 0.705. The van der Waals surface area contributed by atoms with Crippen LogP contribution in [0.5, 0.6) is 0 Å². The summed E-state index contributed by atoms with van der Waals surface area (Å²) in [7, 11) is 0. The highest BCUT2D eigenvalue weighted by molar-refractivity contribution is 5.81. The van der Waals surface area contributed by atoms with Crippen molar-refractivity contribution in [2.45, 2.75) is 12.8 Å². The third-order valence-corrected chi connectivity index (χ3v) is 2.96. The zero-order valence-corrected chi connectivity index (χ0v) is 8.56. The molecule has 1 fully saturated rings. The maximum Gasteiger partial charge on any atom is 0.116 e. The van der Waals surface area contributed by atoms with Gasteiger partial charge in [0.1, 0.15) is 6.33 Å². The molecule has 1 aromatic heterocycles. The molecule has 1 aliphatic heterocycles. The van der Waals surface area contributed by atoms with E-state index < -0.39 is 0 Å². The minimum Gasteiger partial charge on any atom is -0.372 e. The number of hydrogen-bond donors (Lipinski definition) is 0. The van der Waals surface area contributed by atoms with Gasteiger partial charge in [-0.25, -0.2) is 9.97 Å². The molecule has 1 aliphatic rings. The minimum absolute atomic E-state index is 1.02. The molecular formula is C12H13N3. The van der Waals surface area contributed by atoms with Crippen molar-refractivity contribution in [3.05, 3.63) is 30.7 Å². The number of rotatable bonds is 1. The first-order valence-electron chi connectivity index (χ1n) is 5.38. The molecule has 15 heavy (non-hydrogen) atoms. The lowest BCUT2D eigenvalue weighted by atomic mass is 10.2. The van der Waals surface area contributed by atoms with E-state index in [2.05, 4.69) is 33.1 Å². The molecule has 3 rings (SSSR count). The van der Waals surface area contributed by atoms with Crippen molar-refractivity contribution in [1.82, 2.24) is 9.97 Å². The molecule has 3 heteroatoms. The van der Waals surface area contributed by atoms with E-state index in [4.69, 9.17) is 0 Å². The van der Waals surface area contributed by atoms with Crippen LogP contribution >= 0.6 is 0 Å². The van der Waals surface area contributed by atoms with E-state index in [1.807, 2.05) is 6.20 Å². The predicted molar refractivity (Wildman–Crippen MR) is 61.0 cm³/mol. The fraction of sp³-hybridized carbons (Fsp3) is 0.333. The first-order valence-corrected chi connectivity index (χ1v) is 5.38. The smallest absolute Gasteiger partial charge is 0.116 e. The van der Waals surface area contributed by atoms with E-state index >= 15 is 0 Å². The van der Waals surface area contributed by atoms with E-state index in [0.717, 1.165) is 10.9 Å². The van der Waals surface area contributed by atoms with Crippen LogP contribution in [0.15, 0.2) is 30.7 Å². The van der Waals surface area contributed by atoms with Gasteiger partial charge in [-0.05, 0) is 31.0 Å². The Bertz CT molecular complexity index is 475. The predicted octanol–water partition coefficient (Wildman–Crippen LogP) is 2.23. The molecule has 0 aliphatic carbocycles. The van der Waals surface area contributed by atoms with Gasteiger partial charge < -0.3 is 4.90 Å². The molecule has 1 aromatic carbocycles. The summed E-state index contributed by atoms with van der Waals surface area (Å²) in [5, 5.41) is 1.13. The monoisotopic (exact) mass is 199 g/mol. The van der Waals surface area contributed by atoms with E-state index in [1.165, 1.54) is 31.6 Å². The van der Waals surface area contributed by atoms with Crippen LogP contribution < -0.4 is 4.90 Å². The standard InChI is InChI=1S/C12H13N3/c1-2-6-15(5-1)11-3-4-12-10(7-11)8-13-9-14-12/h3-4,7-9H,1-2,5-6H2. The minimum atomic E-state index is 1.02. The highest BCUT2D eigenvalue weighted by atomic mass is 15.1. The SMILES string of the molecule is c1ncc2cc(N3CCCC3)ccc2n1. The summed E-state index contributed by atoms with van der Waals surface area (Å²) in [5.41, 5.74) is 2.32. The van der Waals surface area contributed by atoms with Gasteiger partial charge in [0.05, 0.1) is 5.52 Å². The third kappa shape index (κ3) is 1.54. The topological polar surface area (TPSA) is 29.0 Å². The van der Waals surface area contributed by atoms with Crippen LogP contribution in [0.25, 0.3) is 10.9 Å². The summed E-state index contributed by atoms with van der Waals surface area (Å²) in [6.07, 6.45) is 6.09. The average Bonchev–Trinajstić information content (AvgIpc) is 2.82. The van der Waals surface area contributed by atoms with Crippen LogP contribution in [0.3, 0.4) is 0 Å². The number of hydrogen-bond acceptors (Lipinski definition) is 3. The third-order valence-electron chi connectivity index (χ3n) is 2.96. The lowest BCUT2D eigenvalue weighted by Crippen LogP contribution is -2.17. The molecule has 2 aromatic rings. The Morgan fingerprint density at radius 1 is 1.13 bits per heavy atom. The van der Waals surface area contributed by atoms with E-state index in [0.29, 0.717) is 0 Å². The number of aromatic nitrogens is 2. The Balaban J connectivity index is 2.05. The van der Waals surface area contributed by atoms with Crippen molar-refractivity contribution < 1.29 is 0 Å². The number of fused-ring (bicyclic) bond motifs is 1. The molecule has 76 valence electrons. The van der Waals surface area contributed by atoms with E-state index in [9.17, 15) is 0 Å². The fourth-order valence-corrected chi connectivity index (χ4v) is 2.14. The zero-order chi connectivity index (χ0) is 10.1. The van der Waals surface area contributed by atoms with Gasteiger partial charge in [-0.2, -0.15) is 0 Å². The van der Waals surface area contributed by atoms with Crippen LogP contribution in [0.4, 0.5) is 5.69 Å². The summed E-state index contributed by atoms with van der Waals surface area (Å²) in [6.45, 7) is 2.36. The first-order chi connectivity index (χ1) is 7.43. The summed E-state index contributed by atoms with van der Waals surface area (Å²) >= 11 is 0. The van der Waals surface area contributed by atoms with Crippen LogP contribution in [-0.2, 0) is 0 Å². The second kappa shape index (κ2) is 3.50. The Morgan fingerprint density at radius 3 is 2.87 bits per heavy atom. The van der Waals surface area contributed by atoms with Gasteiger partial charge in [0.2, 0.25) is 0 Å². The molecule has 3 nitrogen and oxygen atoms in total. The van der Waals surface area contributed by atoms with Gasteiger partial charge in [-0.15, -0.1) is 0 Å². The van der Waals surface area contributed by atoms with Gasteiger partial charge >= 0.3 is 0 Å². The second-order valence-corrected chi connectivity index (χ2v) is 3.96. The summed E-state index contributed by atoms with van der Waals surface area (Å²) in [4.78, 5) is 10.7. The van der Waals surface area contributed by atoms with Gasteiger partial charge in [0, 0.05) is 30.4 Å². The van der Waals surface area contributed by atoms with Gasteiger partial charge in [0.25, 0.3) is 0 Å². The van der Waals surface area contributed by atoms with E-state index in [-0.39, 0.29) is 0 Å². The Kier molecular flexibility index (Phi) is 2.02. The maximum absolute atomic E-state index is 4.22. The molecule has 0 amide bonds. The molecular weight excluding hydrogens is 186 g/mol. The molecule has 0 spiro atoms. The Morgan fingerprint density at radius 2 is 2.00 bits per heavy atom. The molecule has 1 saturated heterocycles. The van der Waals surface area contributed by atoms with Gasteiger partial charge in [0.15, 0.2) is 0 Å². The first kappa shape index (κ1) is 8.65. The zero-order valence-electron chi connectivity index (χ0n) is 8.56. The van der Waals surface area contributed by atoms with Crippen molar-refractivity contribution in [3.63, 3.8) is 0 Å². The Hall–Kier alpha value is -1.64. The average molecular weight is 199 g/mol. The highest BCUT2D eigenvalue weighted by Gasteiger charge is 2.12. The molecule has 2 heterocycles. The lowest BCUT2D eigenvalue weighted by molar-refractivity contribution is 0.949. The normalized spacial score (nSPS) is 16.1. The molecule has 0 saturated carbocycles. The van der Waals surface area contributed by atoms with Crippen molar-refractivity contribution in [2.75, 3.05) is 18.0 Å². The molecule has 0 unspecified atom stereocenters. The largest absolute Gasteiger partial charge is 0.372 e. The number of benzene rings is 1. The molecule has 0 atom stereocenters. The molecule has 0 radical (unpaired) electrons.